The van der Waals surface area contributed by atoms with Crippen LogP contribution in [0.1, 0.15) is 56.6 Å². The Kier molecular flexibility index (Phi) is 15.1. The fourth-order valence-electron chi connectivity index (χ4n) is 5.22. The summed E-state index contributed by atoms with van der Waals surface area (Å²) in [5.74, 6) is 3.08. The van der Waals surface area contributed by atoms with E-state index in [9.17, 15) is 0 Å². The maximum atomic E-state index is 6.15. The summed E-state index contributed by atoms with van der Waals surface area (Å²) in [5.41, 5.74) is 1.98. The van der Waals surface area contributed by atoms with E-state index in [1.54, 1.807) is 14.2 Å². The van der Waals surface area contributed by atoms with Crippen LogP contribution in [0.3, 0.4) is 0 Å². The van der Waals surface area contributed by atoms with Gasteiger partial charge in [0.25, 0.3) is 0 Å². The lowest BCUT2D eigenvalue weighted by Gasteiger charge is -2.23. The summed E-state index contributed by atoms with van der Waals surface area (Å²) in [6.07, 6.45) is 7.20. The molecule has 0 N–H and O–H groups in total. The van der Waals surface area contributed by atoms with Crippen LogP contribution < -0.4 is 14.2 Å². The van der Waals surface area contributed by atoms with Crippen LogP contribution in [-0.2, 0) is 9.47 Å². The largest absolute Gasteiger partial charge is 0.494 e. The Morgan fingerprint density at radius 2 is 1.51 bits per heavy atom. The molecule has 228 valence electrons. The van der Waals surface area contributed by atoms with Gasteiger partial charge in [-0.2, -0.15) is 0 Å². The lowest BCUT2D eigenvalue weighted by atomic mass is 10.2. The maximum Gasteiger partial charge on any atom is 0.134 e. The smallest absolute Gasteiger partial charge is 0.134 e. The maximum absolute atomic E-state index is 6.15. The summed E-state index contributed by atoms with van der Waals surface area (Å²) in [6, 6.07) is 14.5. The van der Waals surface area contributed by atoms with Crippen LogP contribution in [0, 0.1) is 6.92 Å². The van der Waals surface area contributed by atoms with Gasteiger partial charge in [0.2, 0.25) is 0 Å². The second-order valence-corrected chi connectivity index (χ2v) is 10.8. The van der Waals surface area contributed by atoms with Gasteiger partial charge in [0, 0.05) is 51.6 Å². The number of benzene rings is 2. The zero-order chi connectivity index (χ0) is 29.3. The van der Waals surface area contributed by atoms with E-state index in [0.717, 1.165) is 80.7 Å². The second kappa shape index (κ2) is 18.8. The van der Waals surface area contributed by atoms with Gasteiger partial charge < -0.3 is 28.6 Å². The van der Waals surface area contributed by atoms with Crippen LogP contribution in [0.4, 0.5) is 0 Å². The van der Waals surface area contributed by atoms with Crippen molar-refractivity contribution in [1.29, 1.82) is 0 Å². The number of methoxy groups -OCH3 is 2. The van der Waals surface area contributed by atoms with Crippen molar-refractivity contribution < 1.29 is 23.7 Å². The molecule has 2 aliphatic rings. The predicted molar refractivity (Wildman–Crippen MR) is 167 cm³/mol. The van der Waals surface area contributed by atoms with Gasteiger partial charge in [-0.1, -0.05) is 12.6 Å². The molecule has 0 saturated carbocycles. The van der Waals surface area contributed by atoms with Crippen LogP contribution >= 0.6 is 0 Å². The summed E-state index contributed by atoms with van der Waals surface area (Å²) in [5, 5.41) is 0. The molecule has 0 unspecified atom stereocenters. The van der Waals surface area contributed by atoms with Crippen LogP contribution in [0.25, 0.3) is 5.76 Å². The molecular weight excluding hydrogens is 516 g/mol. The first-order valence-electron chi connectivity index (χ1n) is 15.3. The third kappa shape index (κ3) is 11.7. The molecule has 1 atom stereocenters. The fraction of sp³-hybridized carbons (Fsp3) is 0.588. The van der Waals surface area contributed by atoms with E-state index in [0.29, 0.717) is 18.4 Å². The van der Waals surface area contributed by atoms with E-state index >= 15 is 0 Å². The Morgan fingerprint density at radius 3 is 2.20 bits per heavy atom. The van der Waals surface area contributed by atoms with Gasteiger partial charge in [-0.05, 0) is 108 Å². The van der Waals surface area contributed by atoms with Gasteiger partial charge in [0.15, 0.2) is 0 Å². The Morgan fingerprint density at radius 1 is 0.854 bits per heavy atom. The van der Waals surface area contributed by atoms with E-state index in [-0.39, 0.29) is 0 Å². The molecule has 2 aromatic carbocycles. The van der Waals surface area contributed by atoms with Gasteiger partial charge in [0.1, 0.15) is 23.0 Å². The summed E-state index contributed by atoms with van der Waals surface area (Å²) >= 11 is 0. The highest BCUT2D eigenvalue weighted by Crippen LogP contribution is 2.29. The van der Waals surface area contributed by atoms with Crippen molar-refractivity contribution in [3.05, 3.63) is 60.2 Å². The van der Waals surface area contributed by atoms with Crippen LogP contribution in [-0.4, -0.2) is 89.2 Å². The molecule has 0 amide bonds. The van der Waals surface area contributed by atoms with E-state index in [1.165, 1.54) is 38.8 Å². The van der Waals surface area contributed by atoms with E-state index in [2.05, 4.69) is 21.1 Å². The number of hydrogen-bond acceptors (Lipinski definition) is 7. The van der Waals surface area contributed by atoms with Crippen molar-refractivity contribution in [2.75, 3.05) is 73.4 Å². The van der Waals surface area contributed by atoms with Gasteiger partial charge in [0.05, 0.1) is 19.8 Å². The molecule has 0 radical (unpaired) electrons. The molecule has 2 aliphatic heterocycles. The number of aryl methyl sites for hydroxylation is 1. The minimum atomic E-state index is 0.552. The average molecular weight is 569 g/mol. The standard InChI is InChI=1S/C31H44N2O4.C3H8O/c1-25-10-13-30(36-22-8-20-33-19-6-9-28(33)24-34-3)23-31(25)37-26(2)27-11-14-29(15-12-27)35-21-7-18-32-16-4-5-17-32;1-3-4-2/h10-15,23,28H,2,4-9,16-22,24H2,1,3H3;3H2,1-2H3/t28-;/m1./s1. The van der Waals surface area contributed by atoms with Crippen molar-refractivity contribution in [3.63, 3.8) is 0 Å². The summed E-state index contributed by atoms with van der Waals surface area (Å²) in [6.45, 7) is 17.0. The number of ether oxygens (including phenoxy) is 5. The van der Waals surface area contributed by atoms with E-state index in [1.807, 2.05) is 56.3 Å². The molecule has 0 spiro atoms. The molecular formula is C34H52N2O5. The molecule has 41 heavy (non-hydrogen) atoms. The minimum absolute atomic E-state index is 0.552. The molecule has 2 aromatic rings. The monoisotopic (exact) mass is 568 g/mol. The quantitative estimate of drug-likeness (QED) is 0.171. The number of nitrogens with zero attached hydrogens (tertiary/aromatic N) is 2. The average Bonchev–Trinajstić information content (AvgIpc) is 3.68. The molecule has 0 bridgehead atoms. The molecule has 0 aliphatic carbocycles. The predicted octanol–water partition coefficient (Wildman–Crippen LogP) is 6.44. The summed E-state index contributed by atoms with van der Waals surface area (Å²) < 4.78 is 28.0. The lowest BCUT2D eigenvalue weighted by molar-refractivity contribution is 0.111. The fourth-order valence-corrected chi connectivity index (χ4v) is 5.22. The van der Waals surface area contributed by atoms with Gasteiger partial charge >= 0.3 is 0 Å². The minimum Gasteiger partial charge on any atom is -0.494 e. The number of hydrogen-bond donors (Lipinski definition) is 0. The van der Waals surface area contributed by atoms with Gasteiger partial charge in [-0.25, -0.2) is 0 Å². The van der Waals surface area contributed by atoms with E-state index in [4.69, 9.17) is 18.9 Å². The van der Waals surface area contributed by atoms with Gasteiger partial charge in [-0.15, -0.1) is 0 Å². The molecule has 7 heteroatoms. The first kappa shape index (κ1) is 32.9. The molecule has 2 heterocycles. The van der Waals surface area contributed by atoms with Crippen molar-refractivity contribution >= 4 is 5.76 Å². The first-order chi connectivity index (χ1) is 20.0. The molecule has 4 rings (SSSR count). The van der Waals surface area contributed by atoms with Crippen molar-refractivity contribution in [2.45, 2.75) is 58.4 Å². The van der Waals surface area contributed by atoms with Crippen LogP contribution in [0.5, 0.6) is 17.2 Å². The number of likely N-dealkylation sites (tertiary alicyclic amines) is 2. The third-order valence-corrected chi connectivity index (χ3v) is 7.66. The zero-order valence-corrected chi connectivity index (χ0v) is 25.9. The first-order valence-corrected chi connectivity index (χ1v) is 15.3. The highest BCUT2D eigenvalue weighted by atomic mass is 16.5. The Labute approximate surface area is 248 Å². The second-order valence-electron chi connectivity index (χ2n) is 10.8. The highest BCUT2D eigenvalue weighted by molar-refractivity contribution is 5.61. The third-order valence-electron chi connectivity index (χ3n) is 7.66. The van der Waals surface area contributed by atoms with Crippen LogP contribution in [0.2, 0.25) is 0 Å². The molecule has 7 nitrogen and oxygen atoms in total. The SMILES string of the molecule is C=C(Oc1cc(OCCCN2CCC[C@@H]2COC)ccc1C)c1ccc(OCCCN2CCCC2)cc1.CCOC. The number of rotatable bonds is 16. The van der Waals surface area contributed by atoms with Gasteiger partial charge in [-0.3, -0.25) is 4.90 Å². The summed E-state index contributed by atoms with van der Waals surface area (Å²) in [7, 11) is 3.47. The lowest BCUT2D eigenvalue weighted by Crippen LogP contribution is -2.34. The van der Waals surface area contributed by atoms with Crippen molar-refractivity contribution in [2.24, 2.45) is 0 Å². The Hall–Kier alpha value is -2.58. The van der Waals surface area contributed by atoms with Crippen molar-refractivity contribution in [1.82, 2.24) is 9.80 Å². The summed E-state index contributed by atoms with van der Waals surface area (Å²) in [4.78, 5) is 5.04. The Balaban J connectivity index is 0.00000108. The van der Waals surface area contributed by atoms with Crippen molar-refractivity contribution in [3.8, 4) is 17.2 Å². The highest BCUT2D eigenvalue weighted by Gasteiger charge is 2.23. The van der Waals surface area contributed by atoms with Crippen LogP contribution in [0.15, 0.2) is 49.0 Å². The molecule has 2 fully saturated rings. The molecule has 2 saturated heterocycles. The normalized spacial score (nSPS) is 17.2. The topological polar surface area (TPSA) is 52.6 Å². The molecule has 0 aromatic heterocycles. The van der Waals surface area contributed by atoms with E-state index < -0.39 is 0 Å². The zero-order valence-electron chi connectivity index (χ0n) is 25.9. The Bertz CT molecular complexity index is 1000.